The van der Waals surface area contributed by atoms with Crippen molar-refractivity contribution in [1.82, 2.24) is 4.90 Å². The number of β-amino-alcohol motifs (C(OH)–C–C–N with tert-alkyl or cyclic N) is 1. The van der Waals surface area contributed by atoms with Crippen molar-refractivity contribution in [3.05, 3.63) is 32.9 Å². The molecule has 1 aromatic rings. The van der Waals surface area contributed by atoms with E-state index in [2.05, 4.69) is 33.6 Å². The lowest BCUT2D eigenvalue weighted by molar-refractivity contribution is 0.107. The Morgan fingerprint density at radius 3 is 2.93 bits per heavy atom. The van der Waals surface area contributed by atoms with Crippen LogP contribution in [0, 0.1) is 3.57 Å². The molecule has 1 aromatic carbocycles. The smallest absolute Gasteiger partial charge is 0.0930 e. The first kappa shape index (κ1) is 12.2. The van der Waals surface area contributed by atoms with E-state index in [4.69, 9.17) is 0 Å². The van der Waals surface area contributed by atoms with Gasteiger partial charge in [-0.05, 0) is 46.8 Å². The van der Waals surface area contributed by atoms with Crippen molar-refractivity contribution in [2.24, 2.45) is 0 Å². The second-order valence-corrected chi connectivity index (χ2v) is 4.69. The van der Waals surface area contributed by atoms with Crippen molar-refractivity contribution in [2.45, 2.75) is 12.6 Å². The predicted octanol–water partition coefficient (Wildman–Crippen LogP) is 2.19. The van der Waals surface area contributed by atoms with E-state index in [9.17, 15) is 5.11 Å². The molecule has 4 heteroatoms. The molecule has 0 amide bonds. The minimum absolute atomic E-state index is 0. The topological polar surface area (TPSA) is 23.5 Å². The number of halogens is 2. The summed E-state index contributed by atoms with van der Waals surface area (Å²) in [6.07, 6.45) is -0.318. The van der Waals surface area contributed by atoms with Gasteiger partial charge in [-0.15, -0.1) is 12.4 Å². The highest BCUT2D eigenvalue weighted by molar-refractivity contribution is 14.1. The average molecular weight is 326 g/mol. The largest absolute Gasteiger partial charge is 0.387 e. The SMILES string of the molecule is CN1Cc2cccc(I)c2C(O)C1.Cl. The van der Waals surface area contributed by atoms with Gasteiger partial charge in [0.15, 0.2) is 0 Å². The molecule has 0 radical (unpaired) electrons. The Hall–Kier alpha value is 0.160. The predicted molar refractivity (Wildman–Crippen MR) is 67.7 cm³/mol. The van der Waals surface area contributed by atoms with Crippen LogP contribution in [0.15, 0.2) is 18.2 Å². The van der Waals surface area contributed by atoms with Gasteiger partial charge < -0.3 is 5.11 Å². The minimum atomic E-state index is -0.318. The maximum atomic E-state index is 9.87. The summed E-state index contributed by atoms with van der Waals surface area (Å²) in [6.45, 7) is 1.69. The van der Waals surface area contributed by atoms with E-state index in [0.717, 1.165) is 18.7 Å². The molecule has 0 spiro atoms. The van der Waals surface area contributed by atoms with E-state index in [1.807, 2.05) is 19.2 Å². The molecular weight excluding hydrogens is 312 g/mol. The standard InChI is InChI=1S/C10H12INO.ClH/c1-12-5-7-3-2-4-8(11)10(7)9(13)6-12;/h2-4,9,13H,5-6H2,1H3;1H. The molecule has 2 nitrogen and oxygen atoms in total. The Bertz CT molecular complexity index is 332. The van der Waals surface area contributed by atoms with Gasteiger partial charge in [0.05, 0.1) is 6.10 Å². The van der Waals surface area contributed by atoms with Gasteiger partial charge in [0.2, 0.25) is 0 Å². The highest BCUT2D eigenvalue weighted by Crippen LogP contribution is 2.29. The van der Waals surface area contributed by atoms with Crippen molar-refractivity contribution in [3.8, 4) is 0 Å². The van der Waals surface area contributed by atoms with Gasteiger partial charge in [-0.25, -0.2) is 0 Å². The number of likely N-dealkylation sites (N-methyl/N-ethyl adjacent to an activating group) is 1. The Kier molecular flexibility index (Phi) is 4.18. The first-order valence-electron chi connectivity index (χ1n) is 4.32. The zero-order valence-corrected chi connectivity index (χ0v) is 10.9. The molecule has 14 heavy (non-hydrogen) atoms. The van der Waals surface area contributed by atoms with E-state index in [0.29, 0.717) is 0 Å². The normalized spacial score (nSPS) is 21.2. The van der Waals surface area contributed by atoms with E-state index >= 15 is 0 Å². The van der Waals surface area contributed by atoms with Gasteiger partial charge in [0.25, 0.3) is 0 Å². The van der Waals surface area contributed by atoms with Gasteiger partial charge in [-0.1, -0.05) is 12.1 Å². The van der Waals surface area contributed by atoms with Gasteiger partial charge in [-0.2, -0.15) is 0 Å². The molecule has 0 saturated heterocycles. The van der Waals surface area contributed by atoms with Crippen molar-refractivity contribution >= 4 is 35.0 Å². The number of fused-ring (bicyclic) bond motifs is 1. The number of nitrogens with zero attached hydrogens (tertiary/aromatic N) is 1. The average Bonchev–Trinajstić information content (AvgIpc) is 2.02. The number of benzene rings is 1. The molecular formula is C10H13ClINO. The first-order chi connectivity index (χ1) is 6.18. The summed E-state index contributed by atoms with van der Waals surface area (Å²) in [5.74, 6) is 0. The van der Waals surface area contributed by atoms with Crippen LogP contribution in [-0.4, -0.2) is 23.6 Å². The molecule has 78 valence electrons. The molecule has 0 bridgehead atoms. The molecule has 1 aliphatic rings. The summed E-state index contributed by atoms with van der Waals surface area (Å²) in [6, 6.07) is 6.19. The summed E-state index contributed by atoms with van der Waals surface area (Å²) < 4.78 is 1.18. The third-order valence-electron chi connectivity index (χ3n) is 2.40. The second-order valence-electron chi connectivity index (χ2n) is 3.53. The molecule has 0 fully saturated rings. The maximum Gasteiger partial charge on any atom is 0.0930 e. The Morgan fingerprint density at radius 1 is 1.50 bits per heavy atom. The monoisotopic (exact) mass is 325 g/mol. The minimum Gasteiger partial charge on any atom is -0.387 e. The highest BCUT2D eigenvalue weighted by Gasteiger charge is 2.22. The van der Waals surface area contributed by atoms with Crippen LogP contribution in [-0.2, 0) is 6.54 Å². The fourth-order valence-electron chi connectivity index (χ4n) is 1.83. The zero-order valence-electron chi connectivity index (χ0n) is 7.90. The van der Waals surface area contributed by atoms with Gasteiger partial charge >= 0.3 is 0 Å². The molecule has 1 atom stereocenters. The van der Waals surface area contributed by atoms with Crippen LogP contribution in [0.2, 0.25) is 0 Å². The summed E-state index contributed by atoms with van der Waals surface area (Å²) in [4.78, 5) is 2.14. The number of hydrogen-bond donors (Lipinski definition) is 1. The molecule has 0 saturated carbocycles. The van der Waals surface area contributed by atoms with E-state index in [1.54, 1.807) is 0 Å². The summed E-state index contributed by atoms with van der Waals surface area (Å²) in [5, 5.41) is 9.87. The Morgan fingerprint density at radius 2 is 2.21 bits per heavy atom. The van der Waals surface area contributed by atoms with Crippen LogP contribution < -0.4 is 0 Å². The van der Waals surface area contributed by atoms with Crippen LogP contribution >= 0.6 is 35.0 Å². The number of aliphatic hydroxyl groups excluding tert-OH is 1. The van der Waals surface area contributed by atoms with E-state index < -0.39 is 0 Å². The third-order valence-corrected chi connectivity index (χ3v) is 3.34. The van der Waals surface area contributed by atoms with E-state index in [1.165, 1.54) is 9.13 Å². The molecule has 1 unspecified atom stereocenters. The second kappa shape index (κ2) is 4.79. The van der Waals surface area contributed by atoms with Crippen LogP contribution in [0.4, 0.5) is 0 Å². The van der Waals surface area contributed by atoms with Crippen LogP contribution in [0.3, 0.4) is 0 Å². The first-order valence-corrected chi connectivity index (χ1v) is 5.40. The fraction of sp³-hybridized carbons (Fsp3) is 0.400. The van der Waals surface area contributed by atoms with Crippen molar-refractivity contribution < 1.29 is 5.11 Å². The zero-order chi connectivity index (χ0) is 9.42. The maximum absolute atomic E-state index is 9.87. The molecule has 1 N–H and O–H groups in total. The van der Waals surface area contributed by atoms with Crippen molar-refractivity contribution in [2.75, 3.05) is 13.6 Å². The Labute approximate surface area is 104 Å². The van der Waals surface area contributed by atoms with Gasteiger partial charge in [0.1, 0.15) is 0 Å². The molecule has 1 heterocycles. The number of hydrogen-bond acceptors (Lipinski definition) is 2. The highest BCUT2D eigenvalue weighted by atomic mass is 127. The quantitative estimate of drug-likeness (QED) is 0.739. The van der Waals surface area contributed by atoms with Crippen LogP contribution in [0.25, 0.3) is 0 Å². The van der Waals surface area contributed by atoms with Crippen LogP contribution in [0.5, 0.6) is 0 Å². The lowest BCUT2D eigenvalue weighted by atomic mass is 9.98. The fourth-order valence-corrected chi connectivity index (χ4v) is 2.75. The van der Waals surface area contributed by atoms with E-state index in [-0.39, 0.29) is 18.5 Å². The lowest BCUT2D eigenvalue weighted by Gasteiger charge is -2.29. The Balaban J connectivity index is 0.000000980. The van der Waals surface area contributed by atoms with Crippen molar-refractivity contribution in [1.29, 1.82) is 0 Å². The summed E-state index contributed by atoms with van der Waals surface area (Å²) in [5.41, 5.74) is 2.38. The lowest BCUT2D eigenvalue weighted by Crippen LogP contribution is -2.30. The van der Waals surface area contributed by atoms with Crippen LogP contribution in [0.1, 0.15) is 17.2 Å². The molecule has 1 aliphatic heterocycles. The number of rotatable bonds is 0. The third kappa shape index (κ3) is 2.21. The summed E-state index contributed by atoms with van der Waals surface area (Å²) >= 11 is 2.29. The molecule has 0 aromatic heterocycles. The van der Waals surface area contributed by atoms with Gasteiger partial charge in [0, 0.05) is 16.7 Å². The molecule has 2 rings (SSSR count). The molecule has 0 aliphatic carbocycles. The number of aliphatic hydroxyl groups is 1. The van der Waals surface area contributed by atoms with Gasteiger partial charge in [-0.3, -0.25) is 4.90 Å². The summed E-state index contributed by atoms with van der Waals surface area (Å²) in [7, 11) is 2.03. The van der Waals surface area contributed by atoms with Crippen molar-refractivity contribution in [3.63, 3.8) is 0 Å².